The van der Waals surface area contributed by atoms with Gasteiger partial charge >= 0.3 is 0 Å². The molecule has 2 rings (SSSR count). The molecule has 0 amide bonds. The van der Waals surface area contributed by atoms with Gasteiger partial charge in [-0.15, -0.1) is 0 Å². The molecule has 100 valence electrons. The molecule has 6 heteroatoms. The first-order valence-electron chi connectivity index (χ1n) is 6.03. The summed E-state index contributed by atoms with van der Waals surface area (Å²) in [4.78, 5) is 12.7. The predicted molar refractivity (Wildman–Crippen MR) is 77.3 cm³/mol. The zero-order chi connectivity index (χ0) is 13.7. The van der Waals surface area contributed by atoms with Gasteiger partial charge in [-0.05, 0) is 19.0 Å². The van der Waals surface area contributed by atoms with Gasteiger partial charge < -0.3 is 5.32 Å². The molecule has 0 saturated heterocycles. The van der Waals surface area contributed by atoms with Crippen LogP contribution in [0.5, 0.6) is 0 Å². The van der Waals surface area contributed by atoms with Gasteiger partial charge in [0.25, 0.3) is 0 Å². The highest BCUT2D eigenvalue weighted by Gasteiger charge is 2.08. The van der Waals surface area contributed by atoms with Crippen LogP contribution in [0, 0.1) is 0 Å². The van der Waals surface area contributed by atoms with Crippen molar-refractivity contribution in [3.05, 3.63) is 40.3 Å². The Kier molecular flexibility index (Phi) is 5.07. The fourth-order valence-corrected chi connectivity index (χ4v) is 2.02. The lowest BCUT2D eigenvalue weighted by Crippen LogP contribution is -2.14. The van der Waals surface area contributed by atoms with Gasteiger partial charge in [-0.3, -0.25) is 0 Å². The molecule has 0 spiro atoms. The summed E-state index contributed by atoms with van der Waals surface area (Å²) in [7, 11) is 0. The lowest BCUT2D eigenvalue weighted by atomic mass is 10.3. The van der Waals surface area contributed by atoms with E-state index in [-0.39, 0.29) is 0 Å². The van der Waals surface area contributed by atoms with Crippen molar-refractivity contribution in [2.75, 3.05) is 6.54 Å². The molecule has 0 aliphatic rings. The fourth-order valence-electron chi connectivity index (χ4n) is 1.56. The van der Waals surface area contributed by atoms with Crippen molar-refractivity contribution in [3.63, 3.8) is 0 Å². The summed E-state index contributed by atoms with van der Waals surface area (Å²) in [6.45, 7) is 3.86. The zero-order valence-electron chi connectivity index (χ0n) is 10.5. The van der Waals surface area contributed by atoms with Gasteiger partial charge in [0.1, 0.15) is 5.69 Å². The molecule has 0 fully saturated rings. The van der Waals surface area contributed by atoms with Crippen molar-refractivity contribution in [1.29, 1.82) is 0 Å². The summed E-state index contributed by atoms with van der Waals surface area (Å²) in [5.74, 6) is 0.501. The van der Waals surface area contributed by atoms with Crippen LogP contribution in [0.4, 0.5) is 0 Å². The first kappa shape index (κ1) is 14.2. The fraction of sp³-hybridized carbons (Fsp3) is 0.308. The van der Waals surface area contributed by atoms with Gasteiger partial charge in [0.15, 0.2) is 5.82 Å². The zero-order valence-corrected chi connectivity index (χ0v) is 12.0. The van der Waals surface area contributed by atoms with Crippen molar-refractivity contribution in [3.8, 4) is 11.5 Å². The molecule has 0 aromatic carbocycles. The highest BCUT2D eigenvalue weighted by atomic mass is 35.5. The summed E-state index contributed by atoms with van der Waals surface area (Å²) in [5.41, 5.74) is 1.57. The molecule has 19 heavy (non-hydrogen) atoms. The monoisotopic (exact) mass is 296 g/mol. The molecule has 2 aromatic heterocycles. The van der Waals surface area contributed by atoms with Crippen LogP contribution in [-0.2, 0) is 6.54 Å². The Bertz CT molecular complexity index is 543. The number of aromatic nitrogens is 3. The molecule has 0 aliphatic heterocycles. The Morgan fingerprint density at radius 3 is 2.47 bits per heavy atom. The molecule has 2 heterocycles. The van der Waals surface area contributed by atoms with Crippen LogP contribution >= 0.6 is 23.2 Å². The van der Waals surface area contributed by atoms with E-state index in [1.54, 1.807) is 18.5 Å². The van der Waals surface area contributed by atoms with Crippen molar-refractivity contribution in [1.82, 2.24) is 20.3 Å². The van der Waals surface area contributed by atoms with Gasteiger partial charge in [-0.2, -0.15) is 0 Å². The van der Waals surface area contributed by atoms with Gasteiger partial charge in [0, 0.05) is 30.7 Å². The van der Waals surface area contributed by atoms with Gasteiger partial charge in [0.05, 0.1) is 10.0 Å². The van der Waals surface area contributed by atoms with E-state index in [1.807, 2.05) is 0 Å². The lowest BCUT2D eigenvalue weighted by molar-refractivity contribution is 0.672. The number of halogens is 2. The van der Waals surface area contributed by atoms with E-state index < -0.39 is 0 Å². The number of hydrogen-bond donors (Lipinski definition) is 1. The van der Waals surface area contributed by atoms with Crippen molar-refractivity contribution in [2.45, 2.75) is 19.9 Å². The predicted octanol–water partition coefficient (Wildman–Crippen LogP) is 3.35. The van der Waals surface area contributed by atoms with Gasteiger partial charge in [0.2, 0.25) is 0 Å². The Morgan fingerprint density at radius 2 is 1.84 bits per heavy atom. The quantitative estimate of drug-likeness (QED) is 0.860. The van der Waals surface area contributed by atoms with Crippen LogP contribution in [0.25, 0.3) is 11.5 Å². The minimum Gasteiger partial charge on any atom is -0.313 e. The highest BCUT2D eigenvalue weighted by Crippen LogP contribution is 2.25. The number of pyridine rings is 1. The van der Waals surface area contributed by atoms with Crippen LogP contribution < -0.4 is 5.32 Å². The maximum atomic E-state index is 6.07. The second kappa shape index (κ2) is 6.80. The summed E-state index contributed by atoms with van der Waals surface area (Å²) >= 11 is 11.9. The van der Waals surface area contributed by atoms with Crippen LogP contribution in [0.1, 0.15) is 18.9 Å². The maximum absolute atomic E-state index is 6.07. The number of hydrogen-bond acceptors (Lipinski definition) is 4. The molecule has 0 atom stereocenters. The molecule has 0 bridgehead atoms. The van der Waals surface area contributed by atoms with E-state index >= 15 is 0 Å². The molecular weight excluding hydrogens is 283 g/mol. The van der Waals surface area contributed by atoms with E-state index in [4.69, 9.17) is 23.2 Å². The van der Waals surface area contributed by atoms with Crippen LogP contribution in [0.15, 0.2) is 24.7 Å². The first-order chi connectivity index (χ1) is 9.20. The smallest absolute Gasteiger partial charge is 0.179 e. The van der Waals surface area contributed by atoms with E-state index in [2.05, 4.69) is 27.2 Å². The molecule has 1 N–H and O–H groups in total. The van der Waals surface area contributed by atoms with E-state index in [0.29, 0.717) is 21.6 Å². The van der Waals surface area contributed by atoms with Gasteiger partial charge in [-0.1, -0.05) is 30.1 Å². The van der Waals surface area contributed by atoms with Crippen molar-refractivity contribution >= 4 is 23.2 Å². The molecule has 0 unspecified atom stereocenters. The Labute approximate surface area is 122 Å². The molecule has 4 nitrogen and oxygen atoms in total. The van der Waals surface area contributed by atoms with E-state index in [1.165, 1.54) is 6.20 Å². The number of nitrogens with zero attached hydrogens (tertiary/aromatic N) is 3. The molecule has 2 aromatic rings. The number of nitrogens with one attached hydrogen (secondary N) is 1. The van der Waals surface area contributed by atoms with Gasteiger partial charge in [-0.25, -0.2) is 15.0 Å². The second-order valence-electron chi connectivity index (χ2n) is 4.08. The Balaban J connectivity index is 2.13. The maximum Gasteiger partial charge on any atom is 0.179 e. The van der Waals surface area contributed by atoms with Crippen molar-refractivity contribution < 1.29 is 0 Å². The Morgan fingerprint density at radius 1 is 1.11 bits per heavy atom. The van der Waals surface area contributed by atoms with Crippen LogP contribution in [0.3, 0.4) is 0 Å². The number of rotatable bonds is 5. The standard InChI is InChI=1S/C13H14Cl2N4/c1-2-3-16-5-9-6-18-13(19-7-9)12-11(15)4-10(14)8-17-12/h4,6-8,16H,2-3,5H2,1H3. The topological polar surface area (TPSA) is 50.7 Å². The van der Waals surface area contributed by atoms with Crippen molar-refractivity contribution in [2.24, 2.45) is 0 Å². The summed E-state index contributed by atoms with van der Waals surface area (Å²) in [6.07, 6.45) is 6.18. The minimum absolute atomic E-state index is 0.448. The first-order valence-corrected chi connectivity index (χ1v) is 6.79. The van der Waals surface area contributed by atoms with E-state index in [0.717, 1.165) is 25.1 Å². The third-order valence-corrected chi connectivity index (χ3v) is 2.98. The largest absolute Gasteiger partial charge is 0.313 e. The molecule has 0 aliphatic carbocycles. The molecular formula is C13H14Cl2N4. The summed E-state index contributed by atoms with van der Waals surface area (Å²) in [6, 6.07) is 1.63. The van der Waals surface area contributed by atoms with E-state index in [9.17, 15) is 0 Å². The highest BCUT2D eigenvalue weighted by molar-refractivity contribution is 6.35. The summed E-state index contributed by atoms with van der Waals surface area (Å²) in [5, 5.41) is 4.23. The normalized spacial score (nSPS) is 10.7. The third-order valence-electron chi connectivity index (χ3n) is 2.48. The SMILES string of the molecule is CCCNCc1cnc(-c2ncc(Cl)cc2Cl)nc1. The third kappa shape index (κ3) is 3.86. The second-order valence-corrected chi connectivity index (χ2v) is 4.92. The average molecular weight is 297 g/mol. The van der Waals surface area contributed by atoms with Crippen LogP contribution in [-0.4, -0.2) is 21.5 Å². The Hall–Kier alpha value is -1.23. The average Bonchev–Trinajstić information content (AvgIpc) is 2.40. The van der Waals surface area contributed by atoms with Crippen LogP contribution in [0.2, 0.25) is 10.0 Å². The molecule has 0 saturated carbocycles. The molecule has 0 radical (unpaired) electrons. The lowest BCUT2D eigenvalue weighted by Gasteiger charge is -2.05. The minimum atomic E-state index is 0.448. The summed E-state index contributed by atoms with van der Waals surface area (Å²) < 4.78 is 0.